The van der Waals surface area contributed by atoms with E-state index in [1.165, 1.54) is 10.4 Å². The van der Waals surface area contributed by atoms with Crippen LogP contribution in [0.25, 0.3) is 0 Å². The first-order valence-electron chi connectivity index (χ1n) is 7.77. The molecular formula is C15H19ClFN3O3S. The van der Waals surface area contributed by atoms with Crippen LogP contribution in [0.15, 0.2) is 23.1 Å². The predicted octanol–water partition coefficient (Wildman–Crippen LogP) is 1.05. The number of likely N-dealkylation sites (tertiary alicyclic amines) is 1. The molecule has 3 rings (SSSR count). The van der Waals surface area contributed by atoms with Crippen LogP contribution in [-0.4, -0.2) is 55.8 Å². The van der Waals surface area contributed by atoms with Gasteiger partial charge in [-0.05, 0) is 44.1 Å². The van der Waals surface area contributed by atoms with Crippen LogP contribution in [0.4, 0.5) is 4.39 Å². The van der Waals surface area contributed by atoms with Crippen molar-refractivity contribution in [2.45, 2.75) is 23.8 Å². The first kappa shape index (κ1) is 17.6. The minimum absolute atomic E-state index is 0.000198. The molecule has 0 atom stereocenters. The molecule has 0 aliphatic carbocycles. The summed E-state index contributed by atoms with van der Waals surface area (Å²) in [5.74, 6) is -0.988. The highest BCUT2D eigenvalue weighted by molar-refractivity contribution is 7.89. The summed E-state index contributed by atoms with van der Waals surface area (Å²) in [4.78, 5) is 13.4. The molecule has 24 heavy (non-hydrogen) atoms. The second-order valence-corrected chi connectivity index (χ2v) is 8.61. The van der Waals surface area contributed by atoms with Crippen LogP contribution in [0.5, 0.6) is 0 Å². The van der Waals surface area contributed by atoms with Gasteiger partial charge in [-0.15, -0.1) is 0 Å². The number of halogens is 2. The number of carbonyl (C=O) groups excluding carboxylic acids is 1. The number of benzene rings is 1. The summed E-state index contributed by atoms with van der Waals surface area (Å²) >= 11 is 5.67. The lowest BCUT2D eigenvalue weighted by molar-refractivity contribution is -0.123. The van der Waals surface area contributed by atoms with E-state index in [-0.39, 0.29) is 27.8 Å². The molecule has 0 aromatic heterocycles. The number of hydrogen-bond acceptors (Lipinski definition) is 4. The SMILES string of the molecule is NC(=O)C1CCN(C2CN(S(=O)(=O)c3ccc(F)c(Cl)c3)C2)CC1. The number of carbonyl (C=O) groups is 1. The van der Waals surface area contributed by atoms with Crippen molar-refractivity contribution in [1.82, 2.24) is 9.21 Å². The average molecular weight is 376 g/mol. The minimum Gasteiger partial charge on any atom is -0.369 e. The first-order valence-corrected chi connectivity index (χ1v) is 9.59. The summed E-state index contributed by atoms with van der Waals surface area (Å²) in [6.45, 7) is 2.26. The van der Waals surface area contributed by atoms with Crippen molar-refractivity contribution in [3.8, 4) is 0 Å². The van der Waals surface area contributed by atoms with Crippen molar-refractivity contribution >= 4 is 27.5 Å². The third-order valence-corrected chi connectivity index (χ3v) is 6.92. The summed E-state index contributed by atoms with van der Waals surface area (Å²) in [5.41, 5.74) is 5.32. The molecule has 1 aromatic carbocycles. The highest BCUT2D eigenvalue weighted by Gasteiger charge is 2.41. The van der Waals surface area contributed by atoms with Gasteiger partial charge in [0.25, 0.3) is 0 Å². The van der Waals surface area contributed by atoms with E-state index in [0.717, 1.165) is 25.2 Å². The highest BCUT2D eigenvalue weighted by Crippen LogP contribution is 2.29. The molecule has 0 saturated carbocycles. The molecule has 1 aromatic rings. The topological polar surface area (TPSA) is 83.7 Å². The Kier molecular flexibility index (Phi) is 4.83. The Morgan fingerprint density at radius 2 is 1.88 bits per heavy atom. The fourth-order valence-corrected chi connectivity index (χ4v) is 4.97. The fraction of sp³-hybridized carbons (Fsp3) is 0.533. The maximum Gasteiger partial charge on any atom is 0.243 e. The van der Waals surface area contributed by atoms with Gasteiger partial charge in [-0.1, -0.05) is 11.6 Å². The molecule has 2 aliphatic heterocycles. The second kappa shape index (κ2) is 6.59. The van der Waals surface area contributed by atoms with E-state index >= 15 is 0 Å². The van der Waals surface area contributed by atoms with Gasteiger partial charge < -0.3 is 5.73 Å². The summed E-state index contributed by atoms with van der Waals surface area (Å²) in [6, 6.07) is 3.56. The van der Waals surface area contributed by atoms with Crippen LogP contribution in [0, 0.1) is 11.7 Å². The number of sulfonamides is 1. The molecule has 2 aliphatic rings. The third-order valence-electron chi connectivity index (χ3n) is 4.81. The Morgan fingerprint density at radius 1 is 1.25 bits per heavy atom. The lowest BCUT2D eigenvalue weighted by Gasteiger charge is -2.46. The Balaban J connectivity index is 1.60. The highest BCUT2D eigenvalue weighted by atomic mass is 35.5. The van der Waals surface area contributed by atoms with Crippen LogP contribution in [0.1, 0.15) is 12.8 Å². The Bertz CT molecular complexity index is 744. The van der Waals surface area contributed by atoms with Crippen LogP contribution in [0.3, 0.4) is 0 Å². The molecule has 6 nitrogen and oxygen atoms in total. The van der Waals surface area contributed by atoms with Crippen LogP contribution in [-0.2, 0) is 14.8 Å². The molecule has 9 heteroatoms. The Morgan fingerprint density at radius 3 is 2.42 bits per heavy atom. The monoisotopic (exact) mass is 375 g/mol. The maximum atomic E-state index is 13.2. The van der Waals surface area contributed by atoms with E-state index in [0.29, 0.717) is 25.9 Å². The van der Waals surface area contributed by atoms with Gasteiger partial charge in [0.05, 0.1) is 9.92 Å². The number of nitrogens with zero attached hydrogens (tertiary/aromatic N) is 2. The molecule has 0 bridgehead atoms. The molecule has 2 N–H and O–H groups in total. The number of nitrogens with two attached hydrogens (primary N) is 1. The third kappa shape index (κ3) is 3.28. The van der Waals surface area contributed by atoms with E-state index in [2.05, 4.69) is 4.90 Å². The van der Waals surface area contributed by atoms with E-state index in [1.54, 1.807) is 0 Å². The smallest absolute Gasteiger partial charge is 0.243 e. The number of piperidine rings is 1. The standard InChI is InChI=1S/C15H19ClFN3O3S/c16-13-7-12(1-2-14(13)17)24(22,23)20-8-11(9-20)19-5-3-10(4-6-19)15(18)21/h1-2,7,10-11H,3-6,8-9H2,(H2,18,21). The van der Waals surface area contributed by atoms with Crippen LogP contribution >= 0.6 is 11.6 Å². The average Bonchev–Trinajstić information content (AvgIpc) is 2.48. The van der Waals surface area contributed by atoms with Crippen molar-refractivity contribution in [2.24, 2.45) is 11.7 Å². The molecule has 2 fully saturated rings. The van der Waals surface area contributed by atoms with Crippen molar-refractivity contribution in [2.75, 3.05) is 26.2 Å². The summed E-state index contributed by atoms with van der Waals surface area (Å²) in [6.07, 6.45) is 1.43. The first-order chi connectivity index (χ1) is 11.3. The molecule has 0 radical (unpaired) electrons. The number of hydrogen-bond donors (Lipinski definition) is 1. The lowest BCUT2D eigenvalue weighted by Crippen LogP contribution is -2.62. The second-order valence-electron chi connectivity index (χ2n) is 6.26. The van der Waals surface area contributed by atoms with Crippen molar-refractivity contribution in [3.63, 3.8) is 0 Å². The summed E-state index contributed by atoms with van der Waals surface area (Å²) in [7, 11) is -3.66. The Labute approximate surface area is 145 Å². The maximum absolute atomic E-state index is 13.2. The zero-order valence-electron chi connectivity index (χ0n) is 13.0. The van der Waals surface area contributed by atoms with Crippen molar-refractivity contribution in [3.05, 3.63) is 29.0 Å². The van der Waals surface area contributed by atoms with Crippen LogP contribution < -0.4 is 5.73 Å². The van der Waals surface area contributed by atoms with E-state index in [4.69, 9.17) is 17.3 Å². The van der Waals surface area contributed by atoms with Gasteiger partial charge in [-0.3, -0.25) is 9.69 Å². The van der Waals surface area contributed by atoms with Gasteiger partial charge in [-0.2, -0.15) is 4.31 Å². The molecule has 1 amide bonds. The zero-order valence-corrected chi connectivity index (χ0v) is 14.6. The summed E-state index contributed by atoms with van der Waals surface area (Å²) < 4.78 is 39.6. The predicted molar refractivity (Wildman–Crippen MR) is 87.4 cm³/mol. The lowest BCUT2D eigenvalue weighted by atomic mass is 9.94. The van der Waals surface area contributed by atoms with Gasteiger partial charge >= 0.3 is 0 Å². The van der Waals surface area contributed by atoms with Crippen LogP contribution in [0.2, 0.25) is 5.02 Å². The van der Waals surface area contributed by atoms with Gasteiger partial charge in [-0.25, -0.2) is 12.8 Å². The van der Waals surface area contributed by atoms with Gasteiger partial charge in [0.2, 0.25) is 15.9 Å². The molecule has 0 spiro atoms. The Hall–Kier alpha value is -1.22. The van der Waals surface area contributed by atoms with E-state index in [9.17, 15) is 17.6 Å². The van der Waals surface area contributed by atoms with Crippen molar-refractivity contribution < 1.29 is 17.6 Å². The van der Waals surface area contributed by atoms with Gasteiger partial charge in [0, 0.05) is 25.0 Å². The minimum atomic E-state index is -3.66. The van der Waals surface area contributed by atoms with Gasteiger partial charge in [0.1, 0.15) is 5.82 Å². The van der Waals surface area contributed by atoms with E-state index < -0.39 is 15.8 Å². The quantitative estimate of drug-likeness (QED) is 0.852. The normalized spacial score (nSPS) is 21.6. The number of primary amides is 1. The largest absolute Gasteiger partial charge is 0.369 e. The molecular weight excluding hydrogens is 357 g/mol. The summed E-state index contributed by atoms with van der Waals surface area (Å²) in [5, 5.41) is -0.207. The fourth-order valence-electron chi connectivity index (χ4n) is 3.18. The molecule has 132 valence electrons. The number of rotatable bonds is 4. The molecule has 0 unspecified atom stereocenters. The van der Waals surface area contributed by atoms with Crippen molar-refractivity contribution in [1.29, 1.82) is 0 Å². The van der Waals surface area contributed by atoms with E-state index in [1.807, 2.05) is 0 Å². The zero-order chi connectivity index (χ0) is 17.5. The molecule has 2 saturated heterocycles. The number of amides is 1. The van der Waals surface area contributed by atoms with Gasteiger partial charge in [0.15, 0.2) is 0 Å². The molecule has 2 heterocycles.